The summed E-state index contributed by atoms with van der Waals surface area (Å²) < 4.78 is 27.2. The highest BCUT2D eigenvalue weighted by Crippen LogP contribution is 2.23. The number of alkyl carbamates (subject to hydrolysis) is 1. The molecular weight excluding hydrogens is 554 g/mol. The van der Waals surface area contributed by atoms with Crippen molar-refractivity contribution in [1.29, 1.82) is 0 Å². The Hall–Kier alpha value is -4.48. The Morgan fingerprint density at radius 2 is 1.80 bits per heavy atom. The van der Waals surface area contributed by atoms with Crippen molar-refractivity contribution < 1.29 is 42.4 Å². The monoisotopic (exact) mass is 587 g/mol. The zero-order valence-electron chi connectivity index (χ0n) is 22.1. The average molecular weight is 588 g/mol. The Balaban J connectivity index is 3.09. The second-order valence-electron chi connectivity index (χ2n) is 8.93. The number of anilines is 1. The number of carboxylic acid groups (broad SMARTS) is 1. The molecule has 0 aliphatic rings. The summed E-state index contributed by atoms with van der Waals surface area (Å²) in [5, 5.41) is 27.6. The predicted octanol–water partition coefficient (Wildman–Crippen LogP) is -0.435. The lowest BCUT2D eigenvalue weighted by Gasteiger charge is -2.25. The van der Waals surface area contributed by atoms with Crippen LogP contribution in [0.3, 0.4) is 0 Å². The molecule has 40 heavy (non-hydrogen) atoms. The molecule has 1 aromatic carbocycles. The molecule has 1 aromatic rings. The molecule has 0 bridgehead atoms. The summed E-state index contributed by atoms with van der Waals surface area (Å²) in [5.41, 5.74) is 9.18. The van der Waals surface area contributed by atoms with Crippen LogP contribution in [0.4, 0.5) is 16.2 Å². The molecule has 18 heteroatoms. The van der Waals surface area contributed by atoms with Crippen LogP contribution < -0.4 is 27.4 Å². The first-order valence-corrected chi connectivity index (χ1v) is 13.9. The minimum absolute atomic E-state index is 0.0107. The highest BCUT2D eigenvalue weighted by atomic mass is 32.2. The summed E-state index contributed by atoms with van der Waals surface area (Å²) in [6, 6.07) is 0.540. The molecule has 0 heterocycles. The van der Waals surface area contributed by atoms with Gasteiger partial charge in [0, 0.05) is 24.6 Å². The van der Waals surface area contributed by atoms with Gasteiger partial charge in [-0.1, -0.05) is 13.8 Å². The van der Waals surface area contributed by atoms with E-state index in [-0.39, 0.29) is 31.0 Å². The zero-order chi connectivity index (χ0) is 30.6. The Labute approximate surface area is 229 Å². The van der Waals surface area contributed by atoms with Crippen molar-refractivity contribution in [2.24, 2.45) is 22.4 Å². The second-order valence-corrected chi connectivity index (χ2v) is 11.2. The molecule has 1 rings (SSSR count). The number of ether oxygens (including phenoxy) is 1. The number of hydrogen-bond acceptors (Lipinski definition) is 10. The van der Waals surface area contributed by atoms with Gasteiger partial charge >= 0.3 is 12.1 Å². The van der Waals surface area contributed by atoms with E-state index in [1.165, 1.54) is 0 Å². The quantitative estimate of drug-likeness (QED) is 0.0501. The summed E-state index contributed by atoms with van der Waals surface area (Å²) in [6.45, 7) is 2.90. The van der Waals surface area contributed by atoms with Crippen LogP contribution >= 0.6 is 0 Å². The van der Waals surface area contributed by atoms with Gasteiger partial charge in [0.15, 0.2) is 15.8 Å². The number of hydrogen-bond donors (Lipinski definition) is 6. The van der Waals surface area contributed by atoms with Gasteiger partial charge in [0.1, 0.15) is 24.3 Å². The van der Waals surface area contributed by atoms with Crippen molar-refractivity contribution >= 4 is 51.0 Å². The third-order valence-electron chi connectivity index (χ3n) is 5.18. The summed E-state index contributed by atoms with van der Waals surface area (Å²) in [4.78, 5) is 63.7. The standard InChI is InChI=1S/C22H33N7O10S/c1-12(2)17(28-22(34)39-9-10-40(3,37)38)19(31)27-15(5-4-8-25-21(23)24)18(30)26-13-6-7-16(29(35)36)14(11-13)20(32)33/h6-7,11-12,15,17H,4-5,8-10H2,1-3H3,(H,26,30)(H,27,31)(H,28,34)(H,32,33)(H4,23,24,25)/t15-,17-/m0/s1. The molecule has 8 N–H and O–H groups in total. The normalized spacial score (nSPS) is 12.5. The van der Waals surface area contributed by atoms with Gasteiger partial charge in [0.2, 0.25) is 11.8 Å². The molecule has 17 nitrogen and oxygen atoms in total. The molecule has 0 saturated heterocycles. The van der Waals surface area contributed by atoms with Crippen molar-refractivity contribution in [2.75, 3.05) is 30.5 Å². The third-order valence-corrected chi connectivity index (χ3v) is 6.09. The maximum atomic E-state index is 13.1. The Kier molecular flexibility index (Phi) is 12.7. The molecule has 0 fully saturated rings. The Morgan fingerprint density at radius 1 is 1.15 bits per heavy atom. The molecule has 0 spiro atoms. The maximum absolute atomic E-state index is 13.1. The smallest absolute Gasteiger partial charge is 0.407 e. The van der Waals surface area contributed by atoms with E-state index in [0.29, 0.717) is 0 Å². The fourth-order valence-corrected chi connectivity index (χ4v) is 3.58. The fourth-order valence-electron chi connectivity index (χ4n) is 3.20. The number of sulfone groups is 1. The number of carbonyl (C=O) groups excluding carboxylic acids is 3. The summed E-state index contributed by atoms with van der Waals surface area (Å²) in [5.74, 6) is -4.23. The minimum atomic E-state index is -3.38. The maximum Gasteiger partial charge on any atom is 0.407 e. The first-order valence-electron chi connectivity index (χ1n) is 11.8. The topological polar surface area (TPSA) is 276 Å². The van der Waals surface area contributed by atoms with Crippen LogP contribution in [0.15, 0.2) is 23.2 Å². The molecule has 2 atom stereocenters. The van der Waals surface area contributed by atoms with E-state index in [1.54, 1.807) is 13.8 Å². The van der Waals surface area contributed by atoms with E-state index in [4.69, 9.17) is 16.2 Å². The number of guanidine groups is 1. The largest absolute Gasteiger partial charge is 0.477 e. The highest BCUT2D eigenvalue weighted by molar-refractivity contribution is 7.90. The van der Waals surface area contributed by atoms with Crippen molar-refractivity contribution in [3.05, 3.63) is 33.9 Å². The fraction of sp³-hybridized carbons (Fsp3) is 0.500. The van der Waals surface area contributed by atoms with E-state index >= 15 is 0 Å². The molecule has 0 radical (unpaired) electrons. The lowest BCUT2D eigenvalue weighted by atomic mass is 10.0. The van der Waals surface area contributed by atoms with Crippen molar-refractivity contribution in [1.82, 2.24) is 10.6 Å². The van der Waals surface area contributed by atoms with Crippen LogP contribution in [0, 0.1) is 16.0 Å². The number of nitrogens with zero attached hydrogens (tertiary/aromatic N) is 2. The number of aliphatic imine (C=N–C) groups is 1. The average Bonchev–Trinajstić information content (AvgIpc) is 2.82. The Bertz CT molecular complexity index is 1250. The predicted molar refractivity (Wildman–Crippen MR) is 143 cm³/mol. The summed E-state index contributed by atoms with van der Waals surface area (Å²) >= 11 is 0. The van der Waals surface area contributed by atoms with Gasteiger partial charge in [0.05, 0.1) is 10.7 Å². The number of aromatic carboxylic acids is 1. The summed E-state index contributed by atoms with van der Waals surface area (Å²) in [6.07, 6.45) is 0.162. The number of nitrogens with one attached hydrogen (secondary N) is 3. The van der Waals surface area contributed by atoms with E-state index in [0.717, 1.165) is 24.5 Å². The van der Waals surface area contributed by atoms with Crippen molar-refractivity contribution in [3.63, 3.8) is 0 Å². The number of carbonyl (C=O) groups is 4. The van der Waals surface area contributed by atoms with E-state index < -0.39 is 80.2 Å². The zero-order valence-corrected chi connectivity index (χ0v) is 22.9. The van der Waals surface area contributed by atoms with Crippen molar-refractivity contribution in [2.45, 2.75) is 38.8 Å². The molecule has 0 saturated carbocycles. The number of rotatable bonds is 15. The van der Waals surface area contributed by atoms with Gasteiger partial charge in [-0.15, -0.1) is 0 Å². The van der Waals surface area contributed by atoms with Gasteiger partial charge in [0.25, 0.3) is 5.69 Å². The number of nitrogens with two attached hydrogens (primary N) is 2. The minimum Gasteiger partial charge on any atom is -0.477 e. The molecule has 222 valence electrons. The Morgan fingerprint density at radius 3 is 2.33 bits per heavy atom. The molecule has 3 amide bonds. The number of carboxylic acids is 1. The van der Waals surface area contributed by atoms with Crippen LogP contribution in [-0.4, -0.2) is 85.5 Å². The molecule has 0 unspecified atom stereocenters. The number of nitro groups is 1. The van der Waals surface area contributed by atoms with Gasteiger partial charge in [-0.05, 0) is 30.9 Å². The lowest BCUT2D eigenvalue weighted by molar-refractivity contribution is -0.385. The molecule has 0 aromatic heterocycles. The van der Waals surface area contributed by atoms with Gasteiger partial charge < -0.3 is 37.3 Å². The van der Waals surface area contributed by atoms with Crippen LogP contribution in [0.25, 0.3) is 0 Å². The van der Waals surface area contributed by atoms with Crippen LogP contribution in [0.2, 0.25) is 0 Å². The molecule has 0 aliphatic carbocycles. The number of benzene rings is 1. The van der Waals surface area contributed by atoms with Gasteiger partial charge in [-0.25, -0.2) is 18.0 Å². The number of amides is 3. The van der Waals surface area contributed by atoms with E-state index in [1.807, 2.05) is 0 Å². The van der Waals surface area contributed by atoms with E-state index in [9.17, 15) is 42.8 Å². The first kappa shape index (κ1) is 33.5. The van der Waals surface area contributed by atoms with Crippen LogP contribution in [-0.2, 0) is 24.2 Å². The van der Waals surface area contributed by atoms with E-state index in [2.05, 4.69) is 20.9 Å². The summed E-state index contributed by atoms with van der Waals surface area (Å²) in [7, 11) is -3.38. The lowest BCUT2D eigenvalue weighted by Crippen LogP contribution is -2.54. The number of nitro benzene ring substituents is 1. The van der Waals surface area contributed by atoms with Crippen LogP contribution in [0.5, 0.6) is 0 Å². The van der Waals surface area contributed by atoms with Crippen LogP contribution in [0.1, 0.15) is 37.0 Å². The van der Waals surface area contributed by atoms with Gasteiger partial charge in [-0.3, -0.25) is 24.7 Å². The highest BCUT2D eigenvalue weighted by Gasteiger charge is 2.30. The SMILES string of the molecule is CC(C)[C@H](NC(=O)OCCS(C)(=O)=O)C(=O)N[C@@H](CCCN=C(N)N)C(=O)Nc1ccc([N+](=O)[O-])c(C(=O)O)c1. The molecular formula is C22H33N7O10S. The van der Waals surface area contributed by atoms with Gasteiger partial charge in [-0.2, -0.15) is 0 Å². The third kappa shape index (κ3) is 11.9. The second kappa shape index (κ2) is 15.2. The first-order chi connectivity index (χ1) is 18.5. The molecule has 0 aliphatic heterocycles. The van der Waals surface area contributed by atoms with Crippen molar-refractivity contribution in [3.8, 4) is 0 Å².